The molecule has 2 aliphatic rings. The summed E-state index contributed by atoms with van der Waals surface area (Å²) in [5.41, 5.74) is 3.19. The molecular weight excluding hydrogens is 332 g/mol. The maximum absolute atomic E-state index is 11.0. The number of aromatic nitrogens is 1. The van der Waals surface area contributed by atoms with Crippen LogP contribution in [0.5, 0.6) is 0 Å². The van der Waals surface area contributed by atoms with Crippen LogP contribution in [0.25, 0.3) is 5.57 Å². The maximum Gasteiger partial charge on any atom is 0.0911 e. The Morgan fingerprint density at radius 2 is 1.89 bits per heavy atom. The van der Waals surface area contributed by atoms with Crippen LogP contribution in [-0.4, -0.2) is 34.6 Å². The lowest BCUT2D eigenvalue weighted by Gasteiger charge is -2.37. The van der Waals surface area contributed by atoms with Crippen LogP contribution in [0.15, 0.2) is 60.9 Å². The first-order valence-corrected chi connectivity index (χ1v) is 10.3. The molecule has 3 nitrogen and oxygen atoms in total. The Balaban J connectivity index is 1.24. The number of rotatable bonds is 5. The second-order valence-electron chi connectivity index (χ2n) is 8.15. The van der Waals surface area contributed by atoms with E-state index < -0.39 is 5.60 Å². The maximum atomic E-state index is 11.0. The molecule has 0 bridgehead atoms. The molecule has 3 heteroatoms. The van der Waals surface area contributed by atoms with E-state index in [1.54, 1.807) is 6.20 Å². The van der Waals surface area contributed by atoms with Crippen molar-refractivity contribution in [2.45, 2.75) is 44.1 Å². The molecule has 0 saturated heterocycles. The monoisotopic (exact) mass is 362 g/mol. The Morgan fingerprint density at radius 1 is 1.07 bits per heavy atom. The standard InChI is InChI=1S/C24H30N2O/c27-24(23-7-4-15-25-19-23)13-8-20(9-14-24)10-16-26-17-11-22(12-18-26)21-5-2-1-3-6-21/h1-7,11,15,19-20,27H,8-10,12-14,16-18H2. The molecule has 0 amide bonds. The Kier molecular flexibility index (Phi) is 5.70. The molecule has 27 heavy (non-hydrogen) atoms. The summed E-state index contributed by atoms with van der Waals surface area (Å²) in [6.07, 6.45) is 12.4. The average molecular weight is 363 g/mol. The molecule has 1 aromatic heterocycles. The van der Waals surface area contributed by atoms with Crippen LogP contribution < -0.4 is 0 Å². The number of hydrogen-bond donors (Lipinski definition) is 1. The van der Waals surface area contributed by atoms with Crippen molar-refractivity contribution in [2.75, 3.05) is 19.6 Å². The first-order valence-electron chi connectivity index (χ1n) is 10.3. The first-order chi connectivity index (χ1) is 13.2. The van der Waals surface area contributed by atoms with Gasteiger partial charge in [-0.1, -0.05) is 42.5 Å². The molecule has 1 aliphatic heterocycles. The molecular formula is C24H30N2O. The molecule has 1 N–H and O–H groups in total. The Labute approximate surface area is 162 Å². The van der Waals surface area contributed by atoms with Crippen molar-refractivity contribution in [3.63, 3.8) is 0 Å². The average Bonchev–Trinajstić information content (AvgIpc) is 2.75. The van der Waals surface area contributed by atoms with Crippen molar-refractivity contribution in [3.05, 3.63) is 72.1 Å². The fourth-order valence-corrected chi connectivity index (χ4v) is 4.56. The Bertz CT molecular complexity index is 748. The van der Waals surface area contributed by atoms with Crippen LogP contribution in [-0.2, 0) is 5.60 Å². The summed E-state index contributed by atoms with van der Waals surface area (Å²) in [7, 11) is 0. The topological polar surface area (TPSA) is 36.4 Å². The molecule has 2 heterocycles. The van der Waals surface area contributed by atoms with E-state index in [0.717, 1.165) is 56.7 Å². The number of hydrogen-bond acceptors (Lipinski definition) is 3. The second-order valence-corrected chi connectivity index (χ2v) is 8.15. The van der Waals surface area contributed by atoms with Gasteiger partial charge < -0.3 is 5.11 Å². The van der Waals surface area contributed by atoms with Gasteiger partial charge in [-0.15, -0.1) is 0 Å². The number of pyridine rings is 1. The summed E-state index contributed by atoms with van der Waals surface area (Å²) in [5, 5.41) is 11.0. The smallest absolute Gasteiger partial charge is 0.0911 e. The number of aliphatic hydroxyl groups is 1. The summed E-state index contributed by atoms with van der Waals surface area (Å²) in [6.45, 7) is 3.40. The summed E-state index contributed by atoms with van der Waals surface area (Å²) >= 11 is 0. The van der Waals surface area contributed by atoms with Crippen LogP contribution in [0.2, 0.25) is 0 Å². The van der Waals surface area contributed by atoms with E-state index in [2.05, 4.69) is 46.3 Å². The van der Waals surface area contributed by atoms with Crippen molar-refractivity contribution in [1.82, 2.24) is 9.88 Å². The first kappa shape index (κ1) is 18.4. The zero-order chi connectivity index (χ0) is 18.5. The molecule has 1 saturated carbocycles. The van der Waals surface area contributed by atoms with Crippen molar-refractivity contribution in [2.24, 2.45) is 5.92 Å². The summed E-state index contributed by atoms with van der Waals surface area (Å²) in [4.78, 5) is 6.76. The predicted molar refractivity (Wildman–Crippen MR) is 110 cm³/mol. The summed E-state index contributed by atoms with van der Waals surface area (Å²) < 4.78 is 0. The van der Waals surface area contributed by atoms with E-state index in [4.69, 9.17) is 0 Å². The largest absolute Gasteiger partial charge is 0.385 e. The minimum Gasteiger partial charge on any atom is -0.385 e. The quantitative estimate of drug-likeness (QED) is 0.842. The molecule has 1 aromatic carbocycles. The zero-order valence-electron chi connectivity index (χ0n) is 16.1. The lowest BCUT2D eigenvalue weighted by molar-refractivity contribution is -0.0163. The van der Waals surface area contributed by atoms with Crippen molar-refractivity contribution in [1.29, 1.82) is 0 Å². The molecule has 0 unspecified atom stereocenters. The summed E-state index contributed by atoms with van der Waals surface area (Å²) in [6, 6.07) is 14.7. The third-order valence-electron chi connectivity index (χ3n) is 6.42. The highest BCUT2D eigenvalue weighted by atomic mass is 16.3. The SMILES string of the molecule is OC1(c2cccnc2)CCC(CCN2CC=C(c3ccccc3)CC2)CC1. The van der Waals surface area contributed by atoms with Gasteiger partial charge in [0.2, 0.25) is 0 Å². The lowest BCUT2D eigenvalue weighted by Crippen LogP contribution is -2.34. The number of nitrogens with zero attached hydrogens (tertiary/aromatic N) is 2. The highest BCUT2D eigenvalue weighted by Crippen LogP contribution is 2.40. The molecule has 1 fully saturated rings. The Morgan fingerprint density at radius 3 is 2.56 bits per heavy atom. The Hall–Kier alpha value is -1.97. The van der Waals surface area contributed by atoms with Gasteiger partial charge in [0.1, 0.15) is 0 Å². The van der Waals surface area contributed by atoms with E-state index in [0.29, 0.717) is 0 Å². The molecule has 0 spiro atoms. The minimum absolute atomic E-state index is 0.663. The van der Waals surface area contributed by atoms with Gasteiger partial charge in [0.25, 0.3) is 0 Å². The fraction of sp³-hybridized carbons (Fsp3) is 0.458. The van der Waals surface area contributed by atoms with Gasteiger partial charge in [-0.2, -0.15) is 0 Å². The van der Waals surface area contributed by atoms with E-state index in [1.165, 1.54) is 24.1 Å². The highest BCUT2D eigenvalue weighted by molar-refractivity contribution is 5.66. The van der Waals surface area contributed by atoms with Gasteiger partial charge >= 0.3 is 0 Å². The minimum atomic E-state index is -0.663. The van der Waals surface area contributed by atoms with E-state index >= 15 is 0 Å². The normalized spacial score (nSPS) is 26.6. The van der Waals surface area contributed by atoms with Crippen LogP contribution in [0.4, 0.5) is 0 Å². The van der Waals surface area contributed by atoms with E-state index in [-0.39, 0.29) is 0 Å². The zero-order valence-corrected chi connectivity index (χ0v) is 16.1. The second kappa shape index (κ2) is 8.37. The highest BCUT2D eigenvalue weighted by Gasteiger charge is 2.34. The van der Waals surface area contributed by atoms with Gasteiger partial charge in [0, 0.05) is 31.0 Å². The van der Waals surface area contributed by atoms with Crippen LogP contribution in [0.1, 0.15) is 49.7 Å². The van der Waals surface area contributed by atoms with Gasteiger partial charge in [0.15, 0.2) is 0 Å². The van der Waals surface area contributed by atoms with Crippen molar-refractivity contribution >= 4 is 5.57 Å². The van der Waals surface area contributed by atoms with E-state index in [1.807, 2.05) is 18.3 Å². The third kappa shape index (κ3) is 4.48. The van der Waals surface area contributed by atoms with Crippen LogP contribution >= 0.6 is 0 Å². The molecule has 1 aliphatic carbocycles. The fourth-order valence-electron chi connectivity index (χ4n) is 4.56. The molecule has 0 atom stereocenters. The van der Waals surface area contributed by atoms with E-state index in [9.17, 15) is 5.11 Å². The van der Waals surface area contributed by atoms with Crippen molar-refractivity contribution in [3.8, 4) is 0 Å². The van der Waals surface area contributed by atoms with Gasteiger partial charge in [-0.05, 0) is 68.2 Å². The third-order valence-corrected chi connectivity index (χ3v) is 6.42. The molecule has 4 rings (SSSR count). The predicted octanol–water partition coefficient (Wildman–Crippen LogP) is 4.64. The molecule has 2 aromatic rings. The summed E-state index contributed by atoms with van der Waals surface area (Å²) in [5.74, 6) is 0.737. The van der Waals surface area contributed by atoms with Gasteiger partial charge in [-0.25, -0.2) is 0 Å². The lowest BCUT2D eigenvalue weighted by atomic mass is 9.74. The van der Waals surface area contributed by atoms with Gasteiger partial charge in [-0.3, -0.25) is 9.88 Å². The molecule has 0 radical (unpaired) electrons. The molecule has 142 valence electrons. The number of benzene rings is 1. The van der Waals surface area contributed by atoms with Crippen LogP contribution in [0.3, 0.4) is 0 Å². The van der Waals surface area contributed by atoms with Crippen LogP contribution in [0, 0.1) is 5.92 Å². The van der Waals surface area contributed by atoms with Crippen molar-refractivity contribution < 1.29 is 5.11 Å². The van der Waals surface area contributed by atoms with Gasteiger partial charge in [0.05, 0.1) is 5.60 Å².